The van der Waals surface area contributed by atoms with Gasteiger partial charge in [-0.15, -0.1) is 0 Å². The highest BCUT2D eigenvalue weighted by Gasteiger charge is 2.27. The second kappa shape index (κ2) is 8.90. The molecule has 102 valence electrons. The first kappa shape index (κ1) is 14.9. The molecule has 0 aliphatic heterocycles. The zero-order valence-corrected chi connectivity index (χ0v) is 11.9. The van der Waals surface area contributed by atoms with Gasteiger partial charge < -0.3 is 10.1 Å². The van der Waals surface area contributed by atoms with E-state index in [0.717, 1.165) is 25.7 Å². The van der Waals surface area contributed by atoms with Crippen LogP contribution in [-0.2, 0) is 4.74 Å². The Labute approximate surface area is 107 Å². The Morgan fingerprint density at radius 2 is 2.12 bits per heavy atom. The SMILES string of the molecule is CCCNC(C)CCCN(CCOC)C1CC1. The summed E-state index contributed by atoms with van der Waals surface area (Å²) < 4.78 is 5.18. The third kappa shape index (κ3) is 7.02. The fraction of sp³-hybridized carbons (Fsp3) is 1.00. The third-order valence-corrected chi connectivity index (χ3v) is 3.47. The fourth-order valence-electron chi connectivity index (χ4n) is 2.22. The molecular weight excluding hydrogens is 212 g/mol. The fourth-order valence-corrected chi connectivity index (χ4v) is 2.22. The standard InChI is InChI=1S/C14H30N2O/c1-4-9-15-13(2)6-5-10-16(11-12-17-3)14-7-8-14/h13-15H,4-12H2,1-3H3. The van der Waals surface area contributed by atoms with Gasteiger partial charge in [0.25, 0.3) is 0 Å². The van der Waals surface area contributed by atoms with Gasteiger partial charge in [0.2, 0.25) is 0 Å². The molecule has 0 saturated heterocycles. The third-order valence-electron chi connectivity index (χ3n) is 3.47. The number of nitrogens with one attached hydrogen (secondary N) is 1. The Hall–Kier alpha value is -0.120. The van der Waals surface area contributed by atoms with Gasteiger partial charge in [0.15, 0.2) is 0 Å². The van der Waals surface area contributed by atoms with Crippen molar-refractivity contribution in [3.05, 3.63) is 0 Å². The molecule has 1 aliphatic rings. The first-order chi connectivity index (χ1) is 8.27. The van der Waals surface area contributed by atoms with E-state index in [1.54, 1.807) is 7.11 Å². The highest BCUT2D eigenvalue weighted by molar-refractivity contribution is 4.84. The summed E-state index contributed by atoms with van der Waals surface area (Å²) in [5.74, 6) is 0. The van der Waals surface area contributed by atoms with Crippen molar-refractivity contribution in [3.63, 3.8) is 0 Å². The van der Waals surface area contributed by atoms with E-state index in [0.29, 0.717) is 6.04 Å². The van der Waals surface area contributed by atoms with Gasteiger partial charge in [-0.25, -0.2) is 0 Å². The molecule has 1 aliphatic carbocycles. The lowest BCUT2D eigenvalue weighted by molar-refractivity contribution is 0.141. The molecule has 1 rings (SSSR count). The second-order valence-electron chi connectivity index (χ2n) is 5.26. The first-order valence-electron chi connectivity index (χ1n) is 7.24. The number of hydrogen-bond acceptors (Lipinski definition) is 3. The van der Waals surface area contributed by atoms with Crippen LogP contribution in [-0.4, -0.2) is 50.3 Å². The summed E-state index contributed by atoms with van der Waals surface area (Å²) in [5, 5.41) is 3.55. The predicted octanol–water partition coefficient (Wildman–Crippen LogP) is 2.27. The van der Waals surface area contributed by atoms with Crippen LogP contribution in [0.25, 0.3) is 0 Å². The van der Waals surface area contributed by atoms with E-state index >= 15 is 0 Å². The normalized spacial score (nSPS) is 17.6. The lowest BCUT2D eigenvalue weighted by Crippen LogP contribution is -2.32. The Balaban J connectivity index is 2.05. The van der Waals surface area contributed by atoms with Crippen LogP contribution >= 0.6 is 0 Å². The van der Waals surface area contributed by atoms with Crippen LogP contribution in [0.5, 0.6) is 0 Å². The van der Waals surface area contributed by atoms with Crippen molar-refractivity contribution >= 4 is 0 Å². The quantitative estimate of drug-likeness (QED) is 0.601. The van der Waals surface area contributed by atoms with Crippen LogP contribution in [0.3, 0.4) is 0 Å². The van der Waals surface area contributed by atoms with Crippen molar-refractivity contribution < 1.29 is 4.74 Å². The van der Waals surface area contributed by atoms with E-state index in [1.165, 1.54) is 38.6 Å². The van der Waals surface area contributed by atoms with E-state index in [4.69, 9.17) is 4.74 Å². The summed E-state index contributed by atoms with van der Waals surface area (Å²) in [4.78, 5) is 2.61. The average molecular weight is 242 g/mol. The molecule has 1 atom stereocenters. The zero-order valence-electron chi connectivity index (χ0n) is 11.9. The molecule has 0 aromatic carbocycles. The molecule has 0 aromatic rings. The molecular formula is C14H30N2O. The summed E-state index contributed by atoms with van der Waals surface area (Å²) in [6, 6.07) is 1.53. The maximum Gasteiger partial charge on any atom is 0.0589 e. The molecule has 0 aromatic heterocycles. The van der Waals surface area contributed by atoms with Gasteiger partial charge in [-0.1, -0.05) is 6.92 Å². The molecule has 1 N–H and O–H groups in total. The van der Waals surface area contributed by atoms with Gasteiger partial charge in [0.1, 0.15) is 0 Å². The predicted molar refractivity (Wildman–Crippen MR) is 73.5 cm³/mol. The molecule has 0 heterocycles. The van der Waals surface area contributed by atoms with Crippen LogP contribution < -0.4 is 5.32 Å². The second-order valence-corrected chi connectivity index (χ2v) is 5.26. The number of rotatable bonds is 11. The van der Waals surface area contributed by atoms with E-state index in [2.05, 4.69) is 24.1 Å². The van der Waals surface area contributed by atoms with Crippen LogP contribution in [0.1, 0.15) is 46.0 Å². The molecule has 1 fully saturated rings. The molecule has 17 heavy (non-hydrogen) atoms. The molecule has 0 spiro atoms. The van der Waals surface area contributed by atoms with Crippen LogP contribution in [0.4, 0.5) is 0 Å². The van der Waals surface area contributed by atoms with E-state index in [-0.39, 0.29) is 0 Å². The van der Waals surface area contributed by atoms with Crippen LogP contribution in [0.2, 0.25) is 0 Å². The molecule has 0 radical (unpaired) electrons. The lowest BCUT2D eigenvalue weighted by atomic mass is 10.1. The van der Waals surface area contributed by atoms with Gasteiger partial charge in [0.05, 0.1) is 6.61 Å². The summed E-state index contributed by atoms with van der Waals surface area (Å²) in [5.41, 5.74) is 0. The Kier molecular flexibility index (Phi) is 7.82. The van der Waals surface area contributed by atoms with Crippen LogP contribution in [0.15, 0.2) is 0 Å². The summed E-state index contributed by atoms with van der Waals surface area (Å²) in [6.45, 7) is 8.90. The molecule has 0 amide bonds. The molecule has 1 unspecified atom stereocenters. The maximum atomic E-state index is 5.18. The summed E-state index contributed by atoms with van der Waals surface area (Å²) >= 11 is 0. The van der Waals surface area contributed by atoms with Gasteiger partial charge in [-0.05, 0) is 52.1 Å². The monoisotopic (exact) mass is 242 g/mol. The van der Waals surface area contributed by atoms with Crippen LogP contribution in [0, 0.1) is 0 Å². The van der Waals surface area contributed by atoms with Crippen molar-refractivity contribution in [2.45, 2.75) is 58.0 Å². The van der Waals surface area contributed by atoms with Gasteiger partial charge in [-0.2, -0.15) is 0 Å². The molecule has 1 saturated carbocycles. The maximum absolute atomic E-state index is 5.18. The number of ether oxygens (including phenoxy) is 1. The minimum atomic E-state index is 0.665. The van der Waals surface area contributed by atoms with E-state index in [9.17, 15) is 0 Å². The van der Waals surface area contributed by atoms with Crippen molar-refractivity contribution in [3.8, 4) is 0 Å². The van der Waals surface area contributed by atoms with Crippen molar-refractivity contribution in [2.24, 2.45) is 0 Å². The highest BCUT2D eigenvalue weighted by atomic mass is 16.5. The zero-order chi connectivity index (χ0) is 12.5. The van der Waals surface area contributed by atoms with E-state index < -0.39 is 0 Å². The average Bonchev–Trinajstić information content (AvgIpc) is 3.15. The first-order valence-corrected chi connectivity index (χ1v) is 7.24. The topological polar surface area (TPSA) is 24.5 Å². The summed E-state index contributed by atoms with van der Waals surface area (Å²) in [6.07, 6.45) is 6.61. The largest absolute Gasteiger partial charge is 0.383 e. The molecule has 3 nitrogen and oxygen atoms in total. The molecule has 0 bridgehead atoms. The Morgan fingerprint density at radius 1 is 1.35 bits per heavy atom. The van der Waals surface area contributed by atoms with Gasteiger partial charge in [-0.3, -0.25) is 4.90 Å². The number of nitrogens with zero attached hydrogens (tertiary/aromatic N) is 1. The van der Waals surface area contributed by atoms with Crippen molar-refractivity contribution in [1.29, 1.82) is 0 Å². The summed E-state index contributed by atoms with van der Waals surface area (Å²) in [7, 11) is 1.79. The minimum absolute atomic E-state index is 0.665. The Morgan fingerprint density at radius 3 is 2.71 bits per heavy atom. The van der Waals surface area contributed by atoms with Gasteiger partial charge >= 0.3 is 0 Å². The lowest BCUT2D eigenvalue weighted by Gasteiger charge is -2.22. The van der Waals surface area contributed by atoms with E-state index in [1.807, 2.05) is 0 Å². The van der Waals surface area contributed by atoms with Gasteiger partial charge in [0, 0.05) is 25.7 Å². The van der Waals surface area contributed by atoms with Crippen molar-refractivity contribution in [2.75, 3.05) is 33.4 Å². The smallest absolute Gasteiger partial charge is 0.0589 e. The Bertz CT molecular complexity index is 183. The van der Waals surface area contributed by atoms with Crippen molar-refractivity contribution in [1.82, 2.24) is 10.2 Å². The molecule has 3 heteroatoms. The number of methoxy groups -OCH3 is 1. The highest BCUT2D eigenvalue weighted by Crippen LogP contribution is 2.26. The number of hydrogen-bond donors (Lipinski definition) is 1. The minimum Gasteiger partial charge on any atom is -0.383 e.